The highest BCUT2D eigenvalue weighted by Crippen LogP contribution is 2.55. The van der Waals surface area contributed by atoms with E-state index in [2.05, 4.69) is 0 Å². The lowest BCUT2D eigenvalue weighted by atomic mass is 9.54. The minimum atomic E-state index is -0.955. The molecule has 0 aliphatic heterocycles. The second kappa shape index (κ2) is 6.30. The van der Waals surface area contributed by atoms with Crippen molar-refractivity contribution in [3.63, 3.8) is 0 Å². The number of hydrogen-bond acceptors (Lipinski definition) is 3. The third kappa shape index (κ3) is 2.90. The van der Waals surface area contributed by atoms with Crippen molar-refractivity contribution in [1.82, 2.24) is 0 Å². The second-order valence-electron chi connectivity index (χ2n) is 6.90. The number of hydrogen-bond donors (Lipinski definition) is 3. The summed E-state index contributed by atoms with van der Waals surface area (Å²) in [4.78, 5) is 22.3. The first-order chi connectivity index (χ1) is 11.4. The average molecular weight is 330 g/mol. The van der Waals surface area contributed by atoms with E-state index in [0.717, 1.165) is 42.4 Å². The van der Waals surface area contributed by atoms with Crippen molar-refractivity contribution in [2.45, 2.75) is 50.4 Å². The highest BCUT2D eigenvalue weighted by molar-refractivity contribution is 5.82. The molecule has 2 bridgehead atoms. The van der Waals surface area contributed by atoms with Gasteiger partial charge in [0, 0.05) is 17.9 Å². The molecule has 0 radical (unpaired) electrons. The predicted molar refractivity (Wildman–Crippen MR) is 88.0 cm³/mol. The number of benzene rings is 1. The van der Waals surface area contributed by atoms with Crippen LogP contribution in [0.5, 0.6) is 5.75 Å². The molecule has 1 aromatic carbocycles. The van der Waals surface area contributed by atoms with E-state index >= 15 is 0 Å². The molecule has 1 aromatic rings. The molecule has 5 heteroatoms. The molecule has 0 aromatic heterocycles. The van der Waals surface area contributed by atoms with E-state index < -0.39 is 17.4 Å². The number of carboxylic acids is 2. The van der Waals surface area contributed by atoms with Crippen molar-refractivity contribution in [3.05, 3.63) is 41.0 Å². The van der Waals surface area contributed by atoms with Crippen molar-refractivity contribution >= 4 is 11.9 Å². The normalized spacial score (nSPS) is 26.8. The van der Waals surface area contributed by atoms with Crippen LogP contribution in [0.25, 0.3) is 0 Å². The van der Waals surface area contributed by atoms with Gasteiger partial charge in [-0.15, -0.1) is 0 Å². The van der Waals surface area contributed by atoms with Gasteiger partial charge in [0.15, 0.2) is 0 Å². The van der Waals surface area contributed by atoms with E-state index in [1.165, 1.54) is 6.08 Å². The van der Waals surface area contributed by atoms with Crippen LogP contribution in [-0.4, -0.2) is 27.3 Å². The number of aromatic hydroxyl groups is 1. The van der Waals surface area contributed by atoms with Gasteiger partial charge in [0.05, 0.1) is 0 Å². The van der Waals surface area contributed by atoms with Crippen LogP contribution >= 0.6 is 0 Å². The molecule has 3 N–H and O–H groups in total. The topological polar surface area (TPSA) is 94.8 Å². The molecule has 128 valence electrons. The van der Waals surface area contributed by atoms with Crippen molar-refractivity contribution < 1.29 is 24.9 Å². The van der Waals surface area contributed by atoms with Crippen LogP contribution in [0.4, 0.5) is 0 Å². The molecule has 24 heavy (non-hydrogen) atoms. The van der Waals surface area contributed by atoms with E-state index in [9.17, 15) is 19.8 Å². The van der Waals surface area contributed by atoms with E-state index in [0.29, 0.717) is 12.8 Å². The van der Waals surface area contributed by atoms with Crippen LogP contribution in [0.3, 0.4) is 0 Å². The quantitative estimate of drug-likeness (QED) is 0.720. The SMILES string of the molecule is O=C(O)C=C1[C@@H]2CCC[C@@]1(CCCC(=O)O)c1cc(O)ccc1C2. The third-order valence-electron chi connectivity index (χ3n) is 5.50. The lowest BCUT2D eigenvalue weighted by Gasteiger charge is -2.49. The molecule has 5 nitrogen and oxygen atoms in total. The first-order valence-corrected chi connectivity index (χ1v) is 8.41. The van der Waals surface area contributed by atoms with Crippen LogP contribution in [-0.2, 0) is 21.4 Å². The molecular formula is C19H22O5. The monoisotopic (exact) mass is 330 g/mol. The van der Waals surface area contributed by atoms with Gasteiger partial charge in [-0.2, -0.15) is 0 Å². The van der Waals surface area contributed by atoms with Crippen molar-refractivity contribution in [2.24, 2.45) is 5.92 Å². The maximum absolute atomic E-state index is 11.4. The van der Waals surface area contributed by atoms with Gasteiger partial charge in [0.2, 0.25) is 0 Å². The molecule has 2 aliphatic rings. The van der Waals surface area contributed by atoms with Crippen molar-refractivity contribution in [1.29, 1.82) is 0 Å². The van der Waals surface area contributed by atoms with E-state index in [4.69, 9.17) is 5.11 Å². The Labute approximate surface area is 140 Å². The molecule has 1 fully saturated rings. The lowest BCUT2D eigenvalue weighted by Crippen LogP contribution is -2.42. The number of carboxylic acid groups (broad SMARTS) is 2. The van der Waals surface area contributed by atoms with Gasteiger partial charge in [-0.05, 0) is 66.9 Å². The maximum Gasteiger partial charge on any atom is 0.328 e. The van der Waals surface area contributed by atoms with Crippen molar-refractivity contribution in [2.75, 3.05) is 0 Å². The first kappa shape index (κ1) is 16.6. The zero-order valence-corrected chi connectivity index (χ0v) is 13.5. The highest BCUT2D eigenvalue weighted by atomic mass is 16.4. The Morgan fingerprint density at radius 3 is 2.79 bits per heavy atom. The predicted octanol–water partition coefficient (Wildman–Crippen LogP) is 3.25. The standard InChI is InChI=1S/C19H22O5/c20-14-6-5-13-9-12-3-1-7-19(15(13)10-14,8-2-4-17(21)22)16(12)11-18(23)24/h5-6,10-12,20H,1-4,7-9H2,(H,21,22)(H,23,24)/t12-,19-/m1/s1. The summed E-state index contributed by atoms with van der Waals surface area (Å²) in [5.74, 6) is -1.43. The van der Waals surface area contributed by atoms with Crippen LogP contribution in [0.1, 0.15) is 49.7 Å². The Morgan fingerprint density at radius 1 is 1.29 bits per heavy atom. The molecule has 3 rings (SSSR count). The fourth-order valence-electron chi connectivity index (χ4n) is 4.63. The Hall–Kier alpha value is -2.30. The Bertz CT molecular complexity index is 706. The number of fused-ring (bicyclic) bond motifs is 4. The Kier molecular flexibility index (Phi) is 4.35. The number of phenolic OH excluding ortho intramolecular Hbond substituents is 1. The molecule has 0 amide bonds. The summed E-state index contributed by atoms with van der Waals surface area (Å²) in [5, 5.41) is 28.3. The molecule has 0 heterocycles. The number of aliphatic carboxylic acids is 2. The van der Waals surface area contributed by atoms with Crippen LogP contribution in [0.2, 0.25) is 0 Å². The summed E-state index contributed by atoms with van der Waals surface area (Å²) >= 11 is 0. The molecule has 2 atom stereocenters. The van der Waals surface area contributed by atoms with E-state index in [1.807, 2.05) is 6.07 Å². The number of rotatable bonds is 5. The summed E-state index contributed by atoms with van der Waals surface area (Å²) < 4.78 is 0. The smallest absolute Gasteiger partial charge is 0.328 e. The summed E-state index contributed by atoms with van der Waals surface area (Å²) in [6.45, 7) is 0. The minimum absolute atomic E-state index is 0.0704. The maximum atomic E-state index is 11.4. The third-order valence-corrected chi connectivity index (χ3v) is 5.50. The van der Waals surface area contributed by atoms with E-state index in [-0.39, 0.29) is 18.1 Å². The minimum Gasteiger partial charge on any atom is -0.508 e. The molecule has 1 saturated carbocycles. The first-order valence-electron chi connectivity index (χ1n) is 8.41. The van der Waals surface area contributed by atoms with Gasteiger partial charge in [0.1, 0.15) is 5.75 Å². The van der Waals surface area contributed by atoms with Gasteiger partial charge in [0.25, 0.3) is 0 Å². The summed E-state index contributed by atoms with van der Waals surface area (Å²) in [6.07, 6.45) is 6.04. The van der Waals surface area contributed by atoms with Gasteiger partial charge in [-0.25, -0.2) is 4.79 Å². The summed E-state index contributed by atoms with van der Waals surface area (Å²) in [5.41, 5.74) is 2.58. The zero-order chi connectivity index (χ0) is 17.3. The number of phenols is 1. The molecule has 2 aliphatic carbocycles. The molecule has 0 spiro atoms. The fourth-order valence-corrected chi connectivity index (χ4v) is 4.63. The number of carbonyl (C=O) groups is 2. The van der Waals surface area contributed by atoms with Gasteiger partial charge >= 0.3 is 11.9 Å². The highest BCUT2D eigenvalue weighted by Gasteiger charge is 2.46. The average Bonchev–Trinajstić information content (AvgIpc) is 2.49. The van der Waals surface area contributed by atoms with Crippen LogP contribution < -0.4 is 0 Å². The molecule has 0 saturated heterocycles. The van der Waals surface area contributed by atoms with Crippen LogP contribution in [0, 0.1) is 5.92 Å². The zero-order valence-electron chi connectivity index (χ0n) is 13.5. The second-order valence-corrected chi connectivity index (χ2v) is 6.90. The van der Waals surface area contributed by atoms with Gasteiger partial charge in [-0.1, -0.05) is 12.5 Å². The Morgan fingerprint density at radius 2 is 2.08 bits per heavy atom. The summed E-state index contributed by atoms with van der Waals surface area (Å²) in [6, 6.07) is 5.34. The molecular weight excluding hydrogens is 308 g/mol. The largest absolute Gasteiger partial charge is 0.508 e. The lowest BCUT2D eigenvalue weighted by molar-refractivity contribution is -0.137. The Balaban J connectivity index is 2.10. The fraction of sp³-hybridized carbons (Fsp3) is 0.474. The van der Waals surface area contributed by atoms with Gasteiger partial charge < -0.3 is 15.3 Å². The van der Waals surface area contributed by atoms with E-state index in [1.54, 1.807) is 12.1 Å². The van der Waals surface area contributed by atoms with Crippen LogP contribution in [0.15, 0.2) is 29.8 Å². The van der Waals surface area contributed by atoms with Gasteiger partial charge in [-0.3, -0.25) is 4.79 Å². The van der Waals surface area contributed by atoms with Crippen molar-refractivity contribution in [3.8, 4) is 5.75 Å². The molecule has 0 unspecified atom stereocenters. The number of allylic oxidation sites excluding steroid dienone is 1. The summed E-state index contributed by atoms with van der Waals surface area (Å²) in [7, 11) is 0.